The molecule has 3 heterocycles. The lowest BCUT2D eigenvalue weighted by Gasteiger charge is -2.37. The highest BCUT2D eigenvalue weighted by molar-refractivity contribution is 5.95. The fourth-order valence-corrected chi connectivity index (χ4v) is 6.72. The van der Waals surface area contributed by atoms with Gasteiger partial charge in [-0.05, 0) is 68.6 Å². The number of likely N-dealkylation sites (tertiary alicyclic amines) is 1. The number of amides is 2. The number of hydrogen-bond donors (Lipinski definition) is 1. The van der Waals surface area contributed by atoms with E-state index in [2.05, 4.69) is 51.8 Å². The van der Waals surface area contributed by atoms with E-state index in [-0.39, 0.29) is 17.9 Å². The van der Waals surface area contributed by atoms with Gasteiger partial charge >= 0.3 is 0 Å². The summed E-state index contributed by atoms with van der Waals surface area (Å²) in [7, 11) is 0. The first-order valence-electron chi connectivity index (χ1n) is 14.1. The third kappa shape index (κ3) is 4.76. The van der Waals surface area contributed by atoms with Crippen LogP contribution in [0.3, 0.4) is 0 Å². The van der Waals surface area contributed by atoms with E-state index in [0.29, 0.717) is 24.7 Å². The molecule has 0 unspecified atom stereocenters. The van der Waals surface area contributed by atoms with E-state index in [0.717, 1.165) is 64.4 Å². The van der Waals surface area contributed by atoms with Gasteiger partial charge in [-0.1, -0.05) is 12.1 Å². The Morgan fingerprint density at radius 2 is 1.78 bits per heavy atom. The zero-order valence-corrected chi connectivity index (χ0v) is 22.5. The number of aromatic nitrogens is 2. The van der Waals surface area contributed by atoms with Gasteiger partial charge in [-0.3, -0.25) is 19.2 Å². The Kier molecular flexibility index (Phi) is 6.47. The molecule has 37 heavy (non-hydrogen) atoms. The molecule has 198 valence electrons. The van der Waals surface area contributed by atoms with Crippen molar-refractivity contribution in [1.29, 1.82) is 0 Å². The summed E-state index contributed by atoms with van der Waals surface area (Å²) in [5.74, 6) is 1.36. The van der Waals surface area contributed by atoms with E-state index in [1.165, 1.54) is 34.5 Å². The second-order valence-electron chi connectivity index (χ2n) is 11.6. The topological polar surface area (TPSA) is 73.7 Å². The second-order valence-corrected chi connectivity index (χ2v) is 11.6. The molecular weight excluding hydrogens is 464 g/mol. The standard InChI is InChI=1S/C29H40N6O2/c1-19-5-4-6-25(20(19)2)33-14-11-32(12-15-33)13-16-35-26-18-22-17-24(22)27(26)28(31-35)29(37)34-9-7-23(8-10-34)30-21(3)36/h4-6,22-24H,7-18H2,1-3H3,(H,30,36)/t22-,24-/m1/s1. The molecule has 8 nitrogen and oxygen atoms in total. The molecule has 2 atom stereocenters. The van der Waals surface area contributed by atoms with Gasteiger partial charge in [-0.2, -0.15) is 5.10 Å². The third-order valence-electron chi connectivity index (χ3n) is 9.16. The fraction of sp³-hybridized carbons (Fsp3) is 0.621. The van der Waals surface area contributed by atoms with Gasteiger partial charge in [0.1, 0.15) is 0 Å². The lowest BCUT2D eigenvalue weighted by Crippen LogP contribution is -2.47. The predicted molar refractivity (Wildman–Crippen MR) is 144 cm³/mol. The van der Waals surface area contributed by atoms with E-state index in [4.69, 9.17) is 5.10 Å². The maximum absolute atomic E-state index is 13.5. The SMILES string of the molecule is CC(=O)NC1CCN(C(=O)c2nn(CCN3CCN(c4cccc(C)c4C)CC3)c3c2[C@@H]2C[C@@H]2C3)CC1. The van der Waals surface area contributed by atoms with Crippen LogP contribution in [-0.2, 0) is 17.8 Å². The van der Waals surface area contributed by atoms with Gasteiger partial charge in [0.25, 0.3) is 5.91 Å². The number of hydrogen-bond acceptors (Lipinski definition) is 5. The molecule has 0 radical (unpaired) electrons. The number of carbonyl (C=O) groups excluding carboxylic acids is 2. The maximum Gasteiger partial charge on any atom is 0.274 e. The highest BCUT2D eigenvalue weighted by Gasteiger charge is 2.50. The minimum atomic E-state index is 0.00723. The normalized spacial score (nSPS) is 23.6. The van der Waals surface area contributed by atoms with Gasteiger partial charge < -0.3 is 15.1 Å². The maximum atomic E-state index is 13.5. The van der Waals surface area contributed by atoms with Crippen LogP contribution in [0.25, 0.3) is 0 Å². The third-order valence-corrected chi connectivity index (χ3v) is 9.16. The van der Waals surface area contributed by atoms with Crippen LogP contribution in [0.5, 0.6) is 0 Å². The Bertz CT molecular complexity index is 1190. The van der Waals surface area contributed by atoms with Gasteiger partial charge in [0.05, 0.1) is 6.54 Å². The van der Waals surface area contributed by atoms with Crippen molar-refractivity contribution in [2.45, 2.75) is 65.0 Å². The van der Waals surface area contributed by atoms with Gasteiger partial charge in [0, 0.05) is 75.7 Å². The van der Waals surface area contributed by atoms with Crippen molar-refractivity contribution in [2.75, 3.05) is 50.7 Å². The van der Waals surface area contributed by atoms with Crippen molar-refractivity contribution in [1.82, 2.24) is 24.9 Å². The van der Waals surface area contributed by atoms with Crippen LogP contribution in [0.1, 0.15) is 65.0 Å². The Labute approximate surface area is 220 Å². The van der Waals surface area contributed by atoms with Gasteiger partial charge in [-0.15, -0.1) is 0 Å². The molecule has 1 N–H and O–H groups in total. The molecule has 2 aromatic rings. The summed E-state index contributed by atoms with van der Waals surface area (Å²) in [5, 5.41) is 7.94. The quantitative estimate of drug-likeness (QED) is 0.655. The first-order chi connectivity index (χ1) is 17.9. The molecule has 2 saturated heterocycles. The average molecular weight is 505 g/mol. The van der Waals surface area contributed by atoms with E-state index in [1.807, 2.05) is 4.90 Å². The van der Waals surface area contributed by atoms with Crippen LogP contribution in [0.15, 0.2) is 18.2 Å². The lowest BCUT2D eigenvalue weighted by atomic mass is 10.0. The van der Waals surface area contributed by atoms with E-state index in [9.17, 15) is 9.59 Å². The number of piperidine rings is 1. The second kappa shape index (κ2) is 9.78. The van der Waals surface area contributed by atoms with Crippen molar-refractivity contribution in [3.05, 3.63) is 46.3 Å². The van der Waals surface area contributed by atoms with Crippen LogP contribution in [0.4, 0.5) is 5.69 Å². The van der Waals surface area contributed by atoms with Crippen molar-refractivity contribution in [3.63, 3.8) is 0 Å². The fourth-order valence-electron chi connectivity index (χ4n) is 6.72. The van der Waals surface area contributed by atoms with Crippen LogP contribution >= 0.6 is 0 Å². The van der Waals surface area contributed by atoms with Crippen molar-refractivity contribution < 1.29 is 9.59 Å². The molecule has 2 amide bonds. The Morgan fingerprint density at radius 3 is 2.51 bits per heavy atom. The van der Waals surface area contributed by atoms with Gasteiger partial charge in [0.2, 0.25) is 5.91 Å². The number of anilines is 1. The summed E-state index contributed by atoms with van der Waals surface area (Å²) in [6.07, 6.45) is 3.91. The summed E-state index contributed by atoms with van der Waals surface area (Å²) >= 11 is 0. The summed E-state index contributed by atoms with van der Waals surface area (Å²) in [4.78, 5) is 31.9. The molecule has 0 spiro atoms. The largest absolute Gasteiger partial charge is 0.369 e. The minimum absolute atomic E-state index is 0.00723. The zero-order chi connectivity index (χ0) is 25.7. The summed E-state index contributed by atoms with van der Waals surface area (Å²) in [5.41, 5.74) is 7.38. The first kappa shape index (κ1) is 24.5. The first-order valence-corrected chi connectivity index (χ1v) is 14.1. The number of fused-ring (bicyclic) bond motifs is 3. The number of nitrogens with zero attached hydrogens (tertiary/aromatic N) is 5. The highest BCUT2D eigenvalue weighted by atomic mass is 16.2. The molecule has 3 fully saturated rings. The molecule has 2 aliphatic carbocycles. The number of benzene rings is 1. The monoisotopic (exact) mass is 504 g/mol. The van der Waals surface area contributed by atoms with E-state index in [1.54, 1.807) is 6.92 Å². The molecule has 0 bridgehead atoms. The van der Waals surface area contributed by atoms with E-state index < -0.39 is 0 Å². The number of aryl methyl sites for hydroxylation is 1. The van der Waals surface area contributed by atoms with Crippen molar-refractivity contribution in [3.8, 4) is 0 Å². The lowest BCUT2D eigenvalue weighted by molar-refractivity contribution is -0.119. The van der Waals surface area contributed by atoms with Crippen LogP contribution in [-0.4, -0.2) is 83.2 Å². The average Bonchev–Trinajstić information content (AvgIpc) is 3.41. The molecule has 1 aromatic carbocycles. The van der Waals surface area contributed by atoms with Crippen LogP contribution < -0.4 is 10.2 Å². The van der Waals surface area contributed by atoms with Gasteiger partial charge in [-0.25, -0.2) is 0 Å². The van der Waals surface area contributed by atoms with Gasteiger partial charge in [0.15, 0.2) is 5.69 Å². The molecule has 4 aliphatic rings. The number of nitrogens with one attached hydrogen (secondary N) is 1. The molecule has 1 aromatic heterocycles. The summed E-state index contributed by atoms with van der Waals surface area (Å²) in [6, 6.07) is 6.77. The number of carbonyl (C=O) groups is 2. The Morgan fingerprint density at radius 1 is 1.03 bits per heavy atom. The minimum Gasteiger partial charge on any atom is -0.369 e. The zero-order valence-electron chi connectivity index (χ0n) is 22.5. The van der Waals surface area contributed by atoms with Crippen molar-refractivity contribution >= 4 is 17.5 Å². The number of rotatable bonds is 6. The molecule has 1 saturated carbocycles. The highest BCUT2D eigenvalue weighted by Crippen LogP contribution is 2.57. The molecule has 6 rings (SSSR count). The van der Waals surface area contributed by atoms with Crippen molar-refractivity contribution in [2.24, 2.45) is 5.92 Å². The predicted octanol–water partition coefficient (Wildman–Crippen LogP) is 2.72. The smallest absolute Gasteiger partial charge is 0.274 e. The molecule has 2 aliphatic heterocycles. The molecule has 8 heteroatoms. The molecular formula is C29H40N6O2. The Balaban J connectivity index is 1.08. The number of piperazine rings is 1. The van der Waals surface area contributed by atoms with Crippen LogP contribution in [0, 0.1) is 19.8 Å². The van der Waals surface area contributed by atoms with Crippen LogP contribution in [0.2, 0.25) is 0 Å². The van der Waals surface area contributed by atoms with E-state index >= 15 is 0 Å². The Hall–Kier alpha value is -2.87. The summed E-state index contributed by atoms with van der Waals surface area (Å²) in [6.45, 7) is 13.4. The summed E-state index contributed by atoms with van der Waals surface area (Å²) < 4.78 is 2.16.